The third-order valence-corrected chi connectivity index (χ3v) is 5.68. The molecular weight excluding hydrogens is 526 g/mol. The molecule has 1 atom stereocenters. The highest BCUT2D eigenvalue weighted by molar-refractivity contribution is 7.59. The Kier molecular flexibility index (Phi) is 11.0. The van der Waals surface area contributed by atoms with Crippen molar-refractivity contribution in [1.29, 1.82) is 5.26 Å². The topological polar surface area (TPSA) is 77.8 Å². The molecule has 13 heteroatoms. The number of carbonyl (C=O) groups is 1. The van der Waals surface area contributed by atoms with Gasteiger partial charge in [0.1, 0.15) is 11.4 Å². The van der Waals surface area contributed by atoms with Crippen LogP contribution in [-0.4, -0.2) is 23.0 Å². The molecule has 36 heavy (non-hydrogen) atoms. The summed E-state index contributed by atoms with van der Waals surface area (Å²) in [5.41, 5.74) is -2.39. The van der Waals surface area contributed by atoms with E-state index in [1.807, 2.05) is 0 Å². The third kappa shape index (κ3) is 8.23. The van der Waals surface area contributed by atoms with Crippen LogP contribution in [0.3, 0.4) is 0 Å². The van der Waals surface area contributed by atoms with Gasteiger partial charge in [0.15, 0.2) is 0 Å². The first-order chi connectivity index (χ1) is 15.9. The number of aromatic nitrogens is 1. The van der Waals surface area contributed by atoms with Crippen LogP contribution in [0.15, 0.2) is 36.4 Å². The van der Waals surface area contributed by atoms with Gasteiger partial charge in [0, 0.05) is 23.3 Å². The Morgan fingerprint density at radius 3 is 2.00 bits per heavy atom. The molecule has 0 spiro atoms. The average molecular weight is 553 g/mol. The number of carbonyl (C=O) groups excluding carboxylic acids is 1. The monoisotopic (exact) mass is 552 g/mol. The maximum atomic E-state index is 13.0. The number of nitrogens with one attached hydrogen (secondary N) is 2. The van der Waals surface area contributed by atoms with E-state index in [9.17, 15) is 31.1 Å². The fourth-order valence-electron chi connectivity index (χ4n) is 3.81. The molecule has 0 radical (unpaired) electrons. The average Bonchev–Trinajstić information content (AvgIpc) is 2.78. The molecule has 1 aromatic heterocycles. The van der Waals surface area contributed by atoms with E-state index in [-0.39, 0.29) is 56.6 Å². The van der Waals surface area contributed by atoms with Crippen LogP contribution in [0, 0.1) is 11.3 Å². The van der Waals surface area contributed by atoms with Crippen LogP contribution in [0.2, 0.25) is 0 Å². The molecule has 1 aliphatic rings. The van der Waals surface area contributed by atoms with Gasteiger partial charge >= 0.3 is 12.4 Å². The molecule has 2 N–H and O–H groups in total. The lowest BCUT2D eigenvalue weighted by Gasteiger charge is -2.30. The second-order valence-corrected chi connectivity index (χ2v) is 8.26. The Morgan fingerprint density at radius 1 is 0.972 bits per heavy atom. The van der Waals surface area contributed by atoms with Gasteiger partial charge in [0.2, 0.25) is 0 Å². The highest BCUT2D eigenvalue weighted by atomic mass is 32.1. The van der Waals surface area contributed by atoms with Crippen LogP contribution in [0.5, 0.6) is 0 Å². The molecule has 1 amide bonds. The first-order valence-electron chi connectivity index (χ1n) is 10.6. The van der Waals surface area contributed by atoms with Crippen LogP contribution in [-0.2, 0) is 12.4 Å². The van der Waals surface area contributed by atoms with Gasteiger partial charge in [-0.25, -0.2) is 4.98 Å². The second kappa shape index (κ2) is 12.6. The summed E-state index contributed by atoms with van der Waals surface area (Å²) in [6, 6.07) is 9.45. The van der Waals surface area contributed by atoms with Crippen molar-refractivity contribution in [3.8, 4) is 6.07 Å². The summed E-state index contributed by atoms with van der Waals surface area (Å²) in [5.74, 6) is -0.666. The Labute approximate surface area is 218 Å². The summed E-state index contributed by atoms with van der Waals surface area (Å²) >= 11 is 0. The molecular formula is C23H26F6N4OS2. The minimum Gasteiger partial charge on any atom is -0.382 e. The van der Waals surface area contributed by atoms with Crippen LogP contribution in [0.25, 0.3) is 0 Å². The van der Waals surface area contributed by atoms with Crippen molar-refractivity contribution in [2.75, 3.05) is 5.32 Å². The molecule has 1 aromatic carbocycles. The normalized spacial score (nSPS) is 18.6. The number of anilines is 1. The van der Waals surface area contributed by atoms with E-state index in [2.05, 4.69) is 21.7 Å². The molecule has 1 heterocycles. The molecule has 0 bridgehead atoms. The summed E-state index contributed by atoms with van der Waals surface area (Å²) in [6.45, 7) is 1.73. The molecule has 1 fully saturated rings. The van der Waals surface area contributed by atoms with Gasteiger partial charge in [0.05, 0.1) is 12.0 Å². The van der Waals surface area contributed by atoms with Crippen molar-refractivity contribution in [3.05, 3.63) is 58.9 Å². The fourth-order valence-corrected chi connectivity index (χ4v) is 3.81. The number of hydrogen-bond donors (Lipinski definition) is 2. The minimum absolute atomic E-state index is 0. The summed E-state index contributed by atoms with van der Waals surface area (Å²) in [6.07, 6.45) is -8.13. The van der Waals surface area contributed by atoms with Crippen molar-refractivity contribution in [1.82, 2.24) is 10.3 Å². The maximum absolute atomic E-state index is 13.0. The number of nitriles is 1. The quantitative estimate of drug-likeness (QED) is 0.438. The highest BCUT2D eigenvalue weighted by Crippen LogP contribution is 2.35. The molecule has 0 saturated heterocycles. The Morgan fingerprint density at radius 2 is 1.50 bits per heavy atom. The molecule has 3 rings (SSSR count). The molecule has 2 aromatic rings. The van der Waals surface area contributed by atoms with Gasteiger partial charge in [-0.2, -0.15) is 58.6 Å². The molecule has 0 aliphatic heterocycles. The van der Waals surface area contributed by atoms with E-state index in [1.165, 1.54) is 0 Å². The second-order valence-electron chi connectivity index (χ2n) is 8.26. The van der Waals surface area contributed by atoms with E-state index in [0.717, 1.165) is 5.56 Å². The van der Waals surface area contributed by atoms with Gasteiger partial charge in [-0.1, -0.05) is 12.1 Å². The lowest BCUT2D eigenvalue weighted by molar-refractivity contribution is -0.150. The van der Waals surface area contributed by atoms with Crippen LogP contribution < -0.4 is 10.6 Å². The summed E-state index contributed by atoms with van der Waals surface area (Å²) in [4.78, 5) is 15.3. The third-order valence-electron chi connectivity index (χ3n) is 5.68. The zero-order valence-corrected chi connectivity index (χ0v) is 21.1. The van der Waals surface area contributed by atoms with Gasteiger partial charge < -0.3 is 10.6 Å². The Bertz CT molecular complexity index is 1050. The first kappa shape index (κ1) is 31.4. The Hall–Kier alpha value is -2.59. The highest BCUT2D eigenvalue weighted by Gasteiger charge is 2.39. The van der Waals surface area contributed by atoms with Gasteiger partial charge in [0.25, 0.3) is 5.91 Å². The molecule has 5 nitrogen and oxygen atoms in total. The van der Waals surface area contributed by atoms with E-state index in [4.69, 9.17) is 5.26 Å². The number of pyridine rings is 1. The number of hydrogen-bond acceptors (Lipinski definition) is 4. The number of halogens is 6. The molecule has 198 valence electrons. The number of benzene rings is 1. The first-order valence-corrected chi connectivity index (χ1v) is 10.6. The zero-order chi connectivity index (χ0) is 25.1. The van der Waals surface area contributed by atoms with Crippen molar-refractivity contribution >= 4 is 38.6 Å². The van der Waals surface area contributed by atoms with E-state index in [1.54, 1.807) is 31.2 Å². The van der Waals surface area contributed by atoms with E-state index < -0.39 is 23.7 Å². The van der Waals surface area contributed by atoms with Crippen molar-refractivity contribution in [2.24, 2.45) is 0 Å². The van der Waals surface area contributed by atoms with E-state index >= 15 is 0 Å². The van der Waals surface area contributed by atoms with Gasteiger partial charge in [-0.05, 0) is 62.4 Å². The minimum atomic E-state index is -5.01. The SMILES string of the molecule is CC(C#N)c1cccc(C(=O)NC2CCC(Nc3cc(C(F)(F)F)nc(C(F)(F)F)c3)CC2)c1.S.S. The van der Waals surface area contributed by atoms with Crippen molar-refractivity contribution in [2.45, 2.75) is 63.0 Å². The lowest BCUT2D eigenvalue weighted by Crippen LogP contribution is -2.40. The van der Waals surface area contributed by atoms with Crippen LogP contribution in [0.4, 0.5) is 32.0 Å². The number of nitrogens with zero attached hydrogens (tertiary/aromatic N) is 2. The molecule has 1 saturated carbocycles. The zero-order valence-electron chi connectivity index (χ0n) is 19.1. The van der Waals surface area contributed by atoms with Gasteiger partial charge in [-0.15, -0.1) is 0 Å². The molecule has 1 unspecified atom stereocenters. The number of rotatable bonds is 5. The van der Waals surface area contributed by atoms with Crippen LogP contribution >= 0.6 is 27.0 Å². The summed E-state index contributed by atoms with van der Waals surface area (Å²) in [7, 11) is 0. The predicted molar refractivity (Wildman–Crippen MR) is 133 cm³/mol. The van der Waals surface area contributed by atoms with Gasteiger partial charge in [-0.3, -0.25) is 4.79 Å². The largest absolute Gasteiger partial charge is 0.433 e. The Balaban J connectivity index is 0.00000324. The van der Waals surface area contributed by atoms with Crippen molar-refractivity contribution in [3.63, 3.8) is 0 Å². The van der Waals surface area contributed by atoms with E-state index in [0.29, 0.717) is 43.4 Å². The summed E-state index contributed by atoms with van der Waals surface area (Å²) in [5, 5.41) is 14.7. The summed E-state index contributed by atoms with van der Waals surface area (Å²) < 4.78 is 78.0. The number of amides is 1. The number of alkyl halides is 6. The smallest absolute Gasteiger partial charge is 0.382 e. The van der Waals surface area contributed by atoms with Crippen molar-refractivity contribution < 1.29 is 31.1 Å². The predicted octanol–water partition coefficient (Wildman–Crippen LogP) is 6.12. The maximum Gasteiger partial charge on any atom is 0.433 e. The lowest BCUT2D eigenvalue weighted by atomic mass is 9.90. The fraction of sp³-hybridized carbons (Fsp3) is 0.435. The van der Waals surface area contributed by atoms with Crippen LogP contribution in [0.1, 0.15) is 65.8 Å². The molecule has 1 aliphatic carbocycles. The standard InChI is InChI=1S/C23H22F6N4O.2H2S/c1-13(12-30)14-3-2-4-15(9-14)21(34)32-17-7-5-16(6-8-17)31-18-10-19(22(24,25)26)33-20(11-18)23(27,28)29;;/h2-4,9-11,13,16-17H,5-8H2,1H3,(H,31,33)(H,32,34);2*1H2.